The molecule has 0 spiro atoms. The van der Waals surface area contributed by atoms with Gasteiger partial charge in [-0.2, -0.15) is 4.40 Å². The first-order chi connectivity index (χ1) is 7.80. The van der Waals surface area contributed by atoms with Crippen LogP contribution in [0.3, 0.4) is 0 Å². The van der Waals surface area contributed by atoms with Gasteiger partial charge in [-0.25, -0.2) is 4.21 Å². The predicted molar refractivity (Wildman–Crippen MR) is 76.0 cm³/mol. The molecule has 2 nitrogen and oxygen atoms in total. The average Bonchev–Trinajstić information content (AvgIpc) is 2.25. The van der Waals surface area contributed by atoms with E-state index in [2.05, 4.69) is 30.4 Å². The highest BCUT2D eigenvalue weighted by atomic mass is 32.2. The van der Waals surface area contributed by atoms with Crippen LogP contribution in [0.1, 0.15) is 51.7 Å². The molecule has 1 aromatic rings. The van der Waals surface area contributed by atoms with Gasteiger partial charge in [0.2, 0.25) is 0 Å². The minimum atomic E-state index is -1.19. The van der Waals surface area contributed by atoms with Crippen molar-refractivity contribution in [2.75, 3.05) is 0 Å². The first-order valence-electron chi connectivity index (χ1n) is 5.86. The molecule has 0 aliphatic heterocycles. The smallest absolute Gasteiger partial charge is 0.144 e. The lowest BCUT2D eigenvalue weighted by Gasteiger charge is -2.12. The minimum Gasteiger partial charge on any atom is -0.234 e. The molecule has 1 aromatic carbocycles. The lowest BCUT2D eigenvalue weighted by atomic mass is 10.0. The molecule has 0 amide bonds. The summed E-state index contributed by atoms with van der Waals surface area (Å²) in [5.74, 6) is 0.497. The SMILES string of the molecule is CC(C)c1cccc(/C=N/[S@@](=O)C(C)(C)C)c1. The van der Waals surface area contributed by atoms with Crippen molar-refractivity contribution < 1.29 is 4.21 Å². The van der Waals surface area contributed by atoms with Crippen molar-refractivity contribution >= 4 is 17.2 Å². The molecule has 0 heterocycles. The first kappa shape index (κ1) is 14.1. The first-order valence-corrected chi connectivity index (χ1v) is 6.97. The van der Waals surface area contributed by atoms with Crippen molar-refractivity contribution in [1.82, 2.24) is 0 Å². The molecule has 1 rings (SSSR count). The average molecular weight is 251 g/mol. The van der Waals surface area contributed by atoms with Crippen LogP contribution in [0.25, 0.3) is 0 Å². The van der Waals surface area contributed by atoms with Crippen molar-refractivity contribution in [3.8, 4) is 0 Å². The van der Waals surface area contributed by atoms with Gasteiger partial charge in [0, 0.05) is 6.21 Å². The Bertz CT molecular complexity index is 430. The molecule has 0 saturated heterocycles. The maximum atomic E-state index is 11.8. The lowest BCUT2D eigenvalue weighted by molar-refractivity contribution is 0.651. The van der Waals surface area contributed by atoms with E-state index in [0.29, 0.717) is 5.92 Å². The second kappa shape index (κ2) is 5.58. The van der Waals surface area contributed by atoms with Crippen LogP contribution in [0.5, 0.6) is 0 Å². The Kier molecular flexibility index (Phi) is 4.63. The third-order valence-corrected chi connectivity index (χ3v) is 3.74. The van der Waals surface area contributed by atoms with E-state index in [-0.39, 0.29) is 4.75 Å². The van der Waals surface area contributed by atoms with E-state index >= 15 is 0 Å². The standard InChI is InChI=1S/C14H21NOS/c1-11(2)13-8-6-7-12(9-13)10-15-17(16)14(3,4)5/h6-11H,1-5H3/b15-10+/t17-/m0/s1. The third kappa shape index (κ3) is 4.43. The summed E-state index contributed by atoms with van der Waals surface area (Å²) < 4.78 is 15.6. The Hall–Kier alpha value is -0.960. The zero-order chi connectivity index (χ0) is 13.1. The van der Waals surface area contributed by atoms with Crippen LogP contribution in [0.4, 0.5) is 0 Å². The Labute approximate surface area is 107 Å². The fourth-order valence-corrected chi connectivity index (χ4v) is 1.80. The summed E-state index contributed by atoms with van der Waals surface area (Å²) in [5.41, 5.74) is 2.28. The molecule has 0 bridgehead atoms. The molecular formula is C14H21NOS. The maximum Gasteiger partial charge on any atom is 0.144 e. The van der Waals surface area contributed by atoms with Gasteiger partial charge in [0.05, 0.1) is 4.75 Å². The van der Waals surface area contributed by atoms with Gasteiger partial charge in [-0.1, -0.05) is 32.0 Å². The number of hydrogen-bond donors (Lipinski definition) is 0. The summed E-state index contributed by atoms with van der Waals surface area (Å²) in [6, 6.07) is 8.18. The van der Waals surface area contributed by atoms with Gasteiger partial charge in [0.1, 0.15) is 11.0 Å². The summed E-state index contributed by atoms with van der Waals surface area (Å²) in [6.07, 6.45) is 1.70. The molecule has 0 N–H and O–H groups in total. The lowest BCUT2D eigenvalue weighted by Crippen LogP contribution is -2.19. The summed E-state index contributed by atoms with van der Waals surface area (Å²) in [6.45, 7) is 10.1. The molecule has 0 aromatic heterocycles. The fraction of sp³-hybridized carbons (Fsp3) is 0.500. The number of hydrogen-bond acceptors (Lipinski definition) is 1. The Morgan fingerprint density at radius 2 is 1.94 bits per heavy atom. The van der Waals surface area contributed by atoms with Crippen LogP contribution in [0.15, 0.2) is 28.7 Å². The van der Waals surface area contributed by atoms with Gasteiger partial charge >= 0.3 is 0 Å². The van der Waals surface area contributed by atoms with E-state index in [4.69, 9.17) is 0 Å². The van der Waals surface area contributed by atoms with E-state index < -0.39 is 11.0 Å². The van der Waals surface area contributed by atoms with Gasteiger partial charge in [-0.3, -0.25) is 0 Å². The van der Waals surface area contributed by atoms with Crippen LogP contribution < -0.4 is 0 Å². The summed E-state index contributed by atoms with van der Waals surface area (Å²) in [7, 11) is -1.19. The van der Waals surface area contributed by atoms with Crippen LogP contribution in [-0.2, 0) is 11.0 Å². The molecule has 0 fully saturated rings. The maximum absolute atomic E-state index is 11.8. The number of rotatable bonds is 3. The fourth-order valence-electron chi connectivity index (χ4n) is 1.27. The zero-order valence-corrected chi connectivity index (χ0v) is 12.0. The van der Waals surface area contributed by atoms with E-state index in [1.807, 2.05) is 32.9 Å². The van der Waals surface area contributed by atoms with Gasteiger partial charge < -0.3 is 0 Å². The largest absolute Gasteiger partial charge is 0.234 e. The van der Waals surface area contributed by atoms with Crippen molar-refractivity contribution in [1.29, 1.82) is 0 Å². The predicted octanol–water partition coefficient (Wildman–Crippen LogP) is 3.69. The molecule has 0 aliphatic rings. The van der Waals surface area contributed by atoms with Gasteiger partial charge in [-0.05, 0) is 43.9 Å². The van der Waals surface area contributed by atoms with Gasteiger partial charge in [-0.15, -0.1) is 0 Å². The molecule has 1 atom stereocenters. The van der Waals surface area contributed by atoms with Crippen molar-refractivity contribution in [3.63, 3.8) is 0 Å². The quantitative estimate of drug-likeness (QED) is 0.753. The monoisotopic (exact) mass is 251 g/mol. The Morgan fingerprint density at radius 1 is 1.29 bits per heavy atom. The number of benzene rings is 1. The normalized spacial score (nSPS) is 14.5. The summed E-state index contributed by atoms with van der Waals surface area (Å²) in [5, 5.41) is 0. The molecule has 94 valence electrons. The zero-order valence-electron chi connectivity index (χ0n) is 11.2. The van der Waals surface area contributed by atoms with Gasteiger partial charge in [0.15, 0.2) is 0 Å². The summed E-state index contributed by atoms with van der Waals surface area (Å²) in [4.78, 5) is 0. The van der Waals surface area contributed by atoms with Crippen molar-refractivity contribution in [2.45, 2.75) is 45.3 Å². The highest BCUT2D eigenvalue weighted by Gasteiger charge is 2.18. The minimum absolute atomic E-state index is 0.299. The van der Waals surface area contributed by atoms with Crippen molar-refractivity contribution in [3.05, 3.63) is 35.4 Å². The molecule has 0 aliphatic carbocycles. The van der Waals surface area contributed by atoms with Crippen LogP contribution in [-0.4, -0.2) is 15.2 Å². The Balaban J connectivity index is 2.85. The molecule has 0 saturated carbocycles. The van der Waals surface area contributed by atoms with Crippen LogP contribution in [0, 0.1) is 0 Å². The highest BCUT2D eigenvalue weighted by molar-refractivity contribution is 7.85. The topological polar surface area (TPSA) is 29.4 Å². The van der Waals surface area contributed by atoms with E-state index in [1.54, 1.807) is 6.21 Å². The second-order valence-electron chi connectivity index (χ2n) is 5.42. The van der Waals surface area contributed by atoms with Crippen molar-refractivity contribution in [2.24, 2.45) is 4.40 Å². The molecule has 3 heteroatoms. The molecule has 0 radical (unpaired) electrons. The van der Waals surface area contributed by atoms with Gasteiger partial charge in [0.25, 0.3) is 0 Å². The molecule has 0 unspecified atom stereocenters. The second-order valence-corrected chi connectivity index (χ2v) is 7.35. The summed E-state index contributed by atoms with van der Waals surface area (Å²) >= 11 is 0. The Morgan fingerprint density at radius 3 is 2.47 bits per heavy atom. The molecular weight excluding hydrogens is 230 g/mol. The number of nitrogens with zero attached hydrogens (tertiary/aromatic N) is 1. The van der Waals surface area contributed by atoms with Crippen LogP contribution in [0.2, 0.25) is 0 Å². The molecule has 17 heavy (non-hydrogen) atoms. The van der Waals surface area contributed by atoms with E-state index in [1.165, 1.54) is 5.56 Å². The van der Waals surface area contributed by atoms with E-state index in [0.717, 1.165) is 5.56 Å². The van der Waals surface area contributed by atoms with E-state index in [9.17, 15) is 4.21 Å². The highest BCUT2D eigenvalue weighted by Crippen LogP contribution is 2.16. The third-order valence-electron chi connectivity index (χ3n) is 2.40. The van der Waals surface area contributed by atoms with Crippen LogP contribution >= 0.6 is 0 Å².